The largest absolute Gasteiger partial charge is 0.348 e. The first-order valence-electron chi connectivity index (χ1n) is 9.81. The first-order valence-corrected chi connectivity index (χ1v) is 10.6. The lowest BCUT2D eigenvalue weighted by atomic mass is 10.0. The quantitative estimate of drug-likeness (QED) is 0.808. The van der Waals surface area contributed by atoms with Gasteiger partial charge in [-0.15, -0.1) is 11.3 Å². The van der Waals surface area contributed by atoms with E-state index in [4.69, 9.17) is 4.98 Å². The molecule has 0 atom stereocenters. The van der Waals surface area contributed by atoms with Gasteiger partial charge in [-0.2, -0.15) is 0 Å². The summed E-state index contributed by atoms with van der Waals surface area (Å²) < 4.78 is 2.02. The molecular weight excluding hydrogens is 360 g/mol. The number of likely N-dealkylation sites (tertiary alicyclic amines) is 1. The fourth-order valence-electron chi connectivity index (χ4n) is 3.97. The first kappa shape index (κ1) is 18.6. The van der Waals surface area contributed by atoms with E-state index in [0.717, 1.165) is 60.4 Å². The fraction of sp³-hybridized carbons (Fsp3) is 0.650. The summed E-state index contributed by atoms with van der Waals surface area (Å²) in [7, 11) is 3.59. The Morgan fingerprint density at radius 1 is 1.19 bits per heavy atom. The highest BCUT2D eigenvalue weighted by atomic mass is 32.1. The molecule has 0 radical (unpaired) electrons. The smallest absolute Gasteiger partial charge is 0.262 e. The van der Waals surface area contributed by atoms with Crippen molar-refractivity contribution >= 4 is 27.5 Å². The molecule has 4 rings (SSSR count). The van der Waals surface area contributed by atoms with E-state index >= 15 is 0 Å². The van der Waals surface area contributed by atoms with E-state index < -0.39 is 0 Å². The number of rotatable bonds is 4. The van der Waals surface area contributed by atoms with Gasteiger partial charge in [0.2, 0.25) is 5.91 Å². The van der Waals surface area contributed by atoms with Crippen LogP contribution in [0.1, 0.15) is 53.9 Å². The predicted octanol–water partition coefficient (Wildman–Crippen LogP) is 2.68. The van der Waals surface area contributed by atoms with Crippen molar-refractivity contribution in [2.24, 2.45) is 0 Å². The minimum absolute atomic E-state index is 0.136. The van der Waals surface area contributed by atoms with Crippen LogP contribution >= 0.6 is 11.3 Å². The van der Waals surface area contributed by atoms with Gasteiger partial charge >= 0.3 is 0 Å². The lowest BCUT2D eigenvalue weighted by Crippen LogP contribution is -2.43. The SMILES string of the molecule is Cc1sc2nc(C3CC3)n(C3CCN(CC(=O)N(C)C)CC3)c(=O)c2c1C. The Bertz CT molecular complexity index is 934. The van der Waals surface area contributed by atoms with Crippen LogP contribution in [0.25, 0.3) is 10.2 Å². The monoisotopic (exact) mass is 388 g/mol. The summed E-state index contributed by atoms with van der Waals surface area (Å²) in [6.07, 6.45) is 4.07. The Labute approximate surface area is 163 Å². The Morgan fingerprint density at radius 3 is 2.44 bits per heavy atom. The second kappa shape index (κ2) is 7.02. The van der Waals surface area contributed by atoms with Crippen LogP contribution in [0.3, 0.4) is 0 Å². The topological polar surface area (TPSA) is 58.4 Å². The maximum Gasteiger partial charge on any atom is 0.262 e. The zero-order valence-electron chi connectivity index (χ0n) is 16.6. The summed E-state index contributed by atoms with van der Waals surface area (Å²) in [5.74, 6) is 1.58. The highest BCUT2D eigenvalue weighted by Gasteiger charge is 2.33. The molecular formula is C20H28N4O2S. The number of aryl methyl sites for hydroxylation is 2. The second-order valence-electron chi connectivity index (χ2n) is 8.18. The van der Waals surface area contributed by atoms with Gasteiger partial charge in [0.05, 0.1) is 11.9 Å². The number of carbonyl (C=O) groups excluding carboxylic acids is 1. The van der Waals surface area contributed by atoms with E-state index in [0.29, 0.717) is 12.5 Å². The maximum absolute atomic E-state index is 13.4. The summed E-state index contributed by atoms with van der Waals surface area (Å²) in [6, 6.07) is 0.190. The number of amides is 1. The van der Waals surface area contributed by atoms with E-state index in [1.54, 1.807) is 30.3 Å². The van der Waals surface area contributed by atoms with Crippen LogP contribution in [-0.4, -0.2) is 59.0 Å². The molecule has 0 spiro atoms. The molecule has 7 heteroatoms. The molecule has 2 fully saturated rings. The number of hydrogen-bond donors (Lipinski definition) is 0. The van der Waals surface area contributed by atoms with Gasteiger partial charge in [0.15, 0.2) is 0 Å². The van der Waals surface area contributed by atoms with Crippen LogP contribution in [0.4, 0.5) is 0 Å². The zero-order valence-corrected chi connectivity index (χ0v) is 17.4. The number of likely N-dealkylation sites (N-methyl/N-ethyl adjacent to an activating group) is 1. The molecule has 146 valence electrons. The standard InChI is InChI=1S/C20H28N4O2S/c1-12-13(2)27-19-17(12)20(26)24(18(21-19)14-5-6-14)15-7-9-23(10-8-15)11-16(25)22(3)4/h14-15H,5-11H2,1-4H3. The van der Waals surface area contributed by atoms with Crippen molar-refractivity contribution in [3.63, 3.8) is 0 Å². The van der Waals surface area contributed by atoms with Crippen molar-refractivity contribution in [1.82, 2.24) is 19.4 Å². The molecule has 6 nitrogen and oxygen atoms in total. The van der Waals surface area contributed by atoms with Crippen LogP contribution in [0.15, 0.2) is 4.79 Å². The van der Waals surface area contributed by atoms with Gasteiger partial charge in [0, 0.05) is 44.0 Å². The Kier molecular flexibility index (Phi) is 4.84. The van der Waals surface area contributed by atoms with E-state index in [1.165, 1.54) is 4.88 Å². The van der Waals surface area contributed by atoms with E-state index in [1.807, 2.05) is 11.5 Å². The molecule has 1 aliphatic heterocycles. The average molecular weight is 389 g/mol. The molecule has 2 aromatic heterocycles. The van der Waals surface area contributed by atoms with Gasteiger partial charge in [0.1, 0.15) is 10.7 Å². The van der Waals surface area contributed by atoms with E-state index in [9.17, 15) is 9.59 Å². The predicted molar refractivity (Wildman–Crippen MR) is 109 cm³/mol. The number of aromatic nitrogens is 2. The maximum atomic E-state index is 13.4. The van der Waals surface area contributed by atoms with Gasteiger partial charge in [-0.1, -0.05) is 0 Å². The third-order valence-electron chi connectivity index (χ3n) is 5.98. The number of nitrogens with zero attached hydrogens (tertiary/aromatic N) is 4. The molecule has 1 saturated carbocycles. The molecule has 0 unspecified atom stereocenters. The third kappa shape index (κ3) is 3.43. The minimum Gasteiger partial charge on any atom is -0.348 e. The van der Waals surface area contributed by atoms with Crippen molar-refractivity contribution < 1.29 is 4.79 Å². The van der Waals surface area contributed by atoms with E-state index in [-0.39, 0.29) is 17.5 Å². The Balaban J connectivity index is 1.63. The molecule has 0 aromatic carbocycles. The molecule has 0 N–H and O–H groups in total. The molecule has 2 aliphatic rings. The Morgan fingerprint density at radius 2 is 1.85 bits per heavy atom. The van der Waals surface area contributed by atoms with Crippen molar-refractivity contribution in [1.29, 1.82) is 0 Å². The average Bonchev–Trinajstić information content (AvgIpc) is 3.42. The Hall–Kier alpha value is -1.73. The lowest BCUT2D eigenvalue weighted by Gasteiger charge is -2.33. The summed E-state index contributed by atoms with van der Waals surface area (Å²) >= 11 is 1.64. The summed E-state index contributed by atoms with van der Waals surface area (Å²) in [5, 5.41) is 0.812. The van der Waals surface area contributed by atoms with Crippen LogP contribution < -0.4 is 5.56 Å². The number of piperidine rings is 1. The van der Waals surface area contributed by atoms with Gasteiger partial charge in [-0.3, -0.25) is 19.1 Å². The van der Waals surface area contributed by atoms with Crippen molar-refractivity contribution in [3.8, 4) is 0 Å². The van der Waals surface area contributed by atoms with Crippen LogP contribution in [0.5, 0.6) is 0 Å². The molecule has 3 heterocycles. The van der Waals surface area contributed by atoms with Crippen LogP contribution in [-0.2, 0) is 4.79 Å². The van der Waals surface area contributed by atoms with E-state index in [2.05, 4.69) is 11.8 Å². The van der Waals surface area contributed by atoms with Gasteiger partial charge in [-0.25, -0.2) is 4.98 Å². The van der Waals surface area contributed by atoms with Gasteiger partial charge < -0.3 is 4.90 Å². The van der Waals surface area contributed by atoms with Crippen LogP contribution in [0, 0.1) is 13.8 Å². The molecule has 1 saturated heterocycles. The van der Waals surface area contributed by atoms with Gasteiger partial charge in [-0.05, 0) is 45.1 Å². The van der Waals surface area contributed by atoms with Crippen molar-refractivity contribution in [2.45, 2.75) is 51.5 Å². The molecule has 0 bridgehead atoms. The number of thiophene rings is 1. The fourth-order valence-corrected chi connectivity index (χ4v) is 5.00. The highest BCUT2D eigenvalue weighted by Crippen LogP contribution is 2.41. The molecule has 27 heavy (non-hydrogen) atoms. The normalized spacial score (nSPS) is 19.0. The second-order valence-corrected chi connectivity index (χ2v) is 9.38. The third-order valence-corrected chi connectivity index (χ3v) is 7.09. The summed E-state index contributed by atoms with van der Waals surface area (Å²) in [4.78, 5) is 36.3. The lowest BCUT2D eigenvalue weighted by molar-refractivity contribution is -0.130. The molecule has 2 aromatic rings. The summed E-state index contributed by atoms with van der Waals surface area (Å²) in [5.41, 5.74) is 1.23. The van der Waals surface area contributed by atoms with Crippen molar-refractivity contribution in [3.05, 3.63) is 26.6 Å². The molecule has 1 aliphatic carbocycles. The highest BCUT2D eigenvalue weighted by molar-refractivity contribution is 7.18. The number of hydrogen-bond acceptors (Lipinski definition) is 5. The number of fused-ring (bicyclic) bond motifs is 1. The minimum atomic E-state index is 0.136. The van der Waals surface area contributed by atoms with Crippen molar-refractivity contribution in [2.75, 3.05) is 33.7 Å². The number of carbonyl (C=O) groups is 1. The van der Waals surface area contributed by atoms with Gasteiger partial charge in [0.25, 0.3) is 5.56 Å². The zero-order chi connectivity index (χ0) is 19.3. The molecule has 1 amide bonds. The first-order chi connectivity index (χ1) is 12.9. The summed E-state index contributed by atoms with van der Waals surface area (Å²) in [6.45, 7) is 6.27. The van der Waals surface area contributed by atoms with Crippen LogP contribution in [0.2, 0.25) is 0 Å².